The predicted octanol–water partition coefficient (Wildman–Crippen LogP) is 3.61. The first-order valence-electron chi connectivity index (χ1n) is 7.09. The number of hydrogen-bond acceptors (Lipinski definition) is 6. The molecule has 0 unspecified atom stereocenters. The van der Waals surface area contributed by atoms with E-state index in [0.717, 1.165) is 23.3 Å². The van der Waals surface area contributed by atoms with Gasteiger partial charge < -0.3 is 10.1 Å². The summed E-state index contributed by atoms with van der Waals surface area (Å²) in [4.78, 5) is 24.4. The van der Waals surface area contributed by atoms with E-state index >= 15 is 0 Å². The average Bonchev–Trinajstić information content (AvgIpc) is 2.96. The lowest BCUT2D eigenvalue weighted by Crippen LogP contribution is -2.19. The fraction of sp³-hybridized carbons (Fsp3) is 0.188. The molecule has 132 valence electrons. The number of hydrogen-bond donors (Lipinski definition) is 1. The number of Topliss-reactive ketones (excluding diaryl/α,β-unsaturated/α-hetero) is 1. The summed E-state index contributed by atoms with van der Waals surface area (Å²) in [6.45, 7) is 3.25. The number of esters is 1. The zero-order valence-corrected chi connectivity index (χ0v) is 14.0. The molecule has 2 rings (SSSR count). The van der Waals surface area contributed by atoms with Crippen LogP contribution in [-0.4, -0.2) is 22.7 Å². The number of nitrogens with one attached hydrogen (secondary N) is 1. The van der Waals surface area contributed by atoms with Crippen molar-refractivity contribution in [3.8, 4) is 0 Å². The molecule has 1 aromatic heterocycles. The van der Waals surface area contributed by atoms with Gasteiger partial charge in [-0.2, -0.15) is 4.37 Å². The summed E-state index contributed by atoms with van der Waals surface area (Å²) >= 11 is 1.15. The van der Waals surface area contributed by atoms with Crippen LogP contribution < -0.4 is 5.32 Å². The van der Waals surface area contributed by atoms with Crippen LogP contribution in [0.15, 0.2) is 29.3 Å². The lowest BCUT2D eigenvalue weighted by molar-refractivity contribution is -0.138. The molecule has 1 heterocycles. The van der Waals surface area contributed by atoms with E-state index in [1.165, 1.54) is 6.92 Å². The van der Waals surface area contributed by atoms with Crippen LogP contribution in [0.5, 0.6) is 0 Å². The molecule has 0 aliphatic rings. The molecule has 0 saturated carbocycles. The van der Waals surface area contributed by atoms with Crippen LogP contribution in [0.3, 0.4) is 0 Å². The second-order valence-electron chi connectivity index (χ2n) is 4.84. The van der Waals surface area contributed by atoms with E-state index < -0.39 is 40.3 Å². The second kappa shape index (κ2) is 7.93. The molecular weight excluding hydrogens is 357 g/mol. The van der Waals surface area contributed by atoms with Crippen molar-refractivity contribution >= 4 is 29.1 Å². The highest BCUT2D eigenvalue weighted by molar-refractivity contribution is 7.04. The van der Waals surface area contributed by atoms with Gasteiger partial charge in [0.05, 0.1) is 12.2 Å². The molecule has 0 spiro atoms. The van der Waals surface area contributed by atoms with Gasteiger partial charge in [-0.1, -0.05) is 0 Å². The van der Waals surface area contributed by atoms with Crippen molar-refractivity contribution in [1.82, 2.24) is 4.37 Å². The van der Waals surface area contributed by atoms with Crippen molar-refractivity contribution in [2.45, 2.75) is 13.8 Å². The van der Waals surface area contributed by atoms with E-state index in [4.69, 9.17) is 4.74 Å². The number of halogens is 3. The summed E-state index contributed by atoms with van der Waals surface area (Å²) in [6.07, 6.45) is 1.00. The van der Waals surface area contributed by atoms with E-state index in [1.807, 2.05) is 0 Å². The van der Waals surface area contributed by atoms with Crippen LogP contribution in [0.2, 0.25) is 0 Å². The van der Waals surface area contributed by atoms with Gasteiger partial charge in [-0.15, -0.1) is 0 Å². The highest BCUT2D eigenvalue weighted by Gasteiger charge is 2.25. The minimum Gasteiger partial charge on any atom is -0.462 e. The largest absolute Gasteiger partial charge is 0.462 e. The molecule has 25 heavy (non-hydrogen) atoms. The van der Waals surface area contributed by atoms with Crippen molar-refractivity contribution in [3.63, 3.8) is 0 Å². The number of ketones is 1. The minimum absolute atomic E-state index is 0.0283. The van der Waals surface area contributed by atoms with Gasteiger partial charge in [-0.25, -0.2) is 18.0 Å². The molecular formula is C16H13F3N2O3S. The number of aryl methyl sites for hydroxylation is 1. The Morgan fingerprint density at radius 3 is 2.52 bits per heavy atom. The predicted molar refractivity (Wildman–Crippen MR) is 85.8 cm³/mol. The van der Waals surface area contributed by atoms with Gasteiger partial charge in [0.25, 0.3) is 0 Å². The topological polar surface area (TPSA) is 68.3 Å². The molecule has 0 atom stereocenters. The Balaban J connectivity index is 2.41. The fourth-order valence-electron chi connectivity index (χ4n) is 1.83. The third-order valence-electron chi connectivity index (χ3n) is 3.09. The Morgan fingerprint density at radius 1 is 1.24 bits per heavy atom. The summed E-state index contributed by atoms with van der Waals surface area (Å²) in [6, 6.07) is 0.636. The fourth-order valence-corrected chi connectivity index (χ4v) is 2.46. The first-order valence-corrected chi connectivity index (χ1v) is 7.92. The Bertz CT molecular complexity index is 849. The summed E-state index contributed by atoms with van der Waals surface area (Å²) in [5.41, 5.74) is -0.593. The van der Waals surface area contributed by atoms with Gasteiger partial charge in [-0.05, 0) is 31.4 Å². The smallest absolute Gasteiger partial charge is 0.343 e. The van der Waals surface area contributed by atoms with E-state index in [-0.39, 0.29) is 12.7 Å². The SMILES string of the molecule is CCOC(=O)/C(=C\Nc1nscc1C)C(=O)c1cc(F)c(F)cc1F. The maximum absolute atomic E-state index is 13.8. The molecule has 0 fully saturated rings. The van der Waals surface area contributed by atoms with Gasteiger partial charge in [0.2, 0.25) is 5.78 Å². The van der Waals surface area contributed by atoms with Crippen molar-refractivity contribution in [1.29, 1.82) is 0 Å². The summed E-state index contributed by atoms with van der Waals surface area (Å²) in [5.74, 6) is -5.91. The number of carbonyl (C=O) groups excluding carboxylic acids is 2. The molecule has 5 nitrogen and oxygen atoms in total. The van der Waals surface area contributed by atoms with Crippen LogP contribution in [0.4, 0.5) is 19.0 Å². The van der Waals surface area contributed by atoms with Crippen LogP contribution in [0.1, 0.15) is 22.8 Å². The Hall–Kier alpha value is -2.68. The number of anilines is 1. The van der Waals surface area contributed by atoms with Gasteiger partial charge in [-0.3, -0.25) is 4.79 Å². The lowest BCUT2D eigenvalue weighted by atomic mass is 10.0. The summed E-state index contributed by atoms with van der Waals surface area (Å²) in [5, 5.41) is 4.39. The number of benzene rings is 1. The first-order chi connectivity index (χ1) is 11.8. The third-order valence-corrected chi connectivity index (χ3v) is 3.84. The first kappa shape index (κ1) is 18.7. The number of nitrogens with zero attached hydrogens (tertiary/aromatic N) is 1. The molecule has 1 aromatic carbocycles. The van der Waals surface area contributed by atoms with Gasteiger partial charge >= 0.3 is 5.97 Å². The zero-order valence-electron chi connectivity index (χ0n) is 13.2. The average molecular weight is 370 g/mol. The van der Waals surface area contributed by atoms with E-state index in [1.54, 1.807) is 12.3 Å². The number of carbonyl (C=O) groups is 2. The minimum atomic E-state index is -1.44. The molecule has 0 saturated heterocycles. The van der Waals surface area contributed by atoms with E-state index in [9.17, 15) is 22.8 Å². The van der Waals surface area contributed by atoms with Crippen molar-refractivity contribution < 1.29 is 27.5 Å². The number of aromatic nitrogens is 1. The zero-order chi connectivity index (χ0) is 18.6. The highest BCUT2D eigenvalue weighted by Crippen LogP contribution is 2.19. The van der Waals surface area contributed by atoms with Crippen LogP contribution in [0, 0.1) is 24.4 Å². The summed E-state index contributed by atoms with van der Waals surface area (Å²) < 4.78 is 49.0. The van der Waals surface area contributed by atoms with Crippen LogP contribution in [0.25, 0.3) is 0 Å². The van der Waals surface area contributed by atoms with Crippen LogP contribution in [-0.2, 0) is 9.53 Å². The molecule has 1 N–H and O–H groups in total. The van der Waals surface area contributed by atoms with Crippen molar-refractivity contribution in [2.75, 3.05) is 11.9 Å². The molecule has 9 heteroatoms. The standard InChI is InChI=1S/C16H13F3N2O3S/c1-3-24-16(23)10(6-20-15-8(2)7-25-21-15)14(22)9-4-12(18)13(19)5-11(9)17/h4-7H,3H2,1-2H3,(H,20,21)/b10-6-. The molecule has 0 radical (unpaired) electrons. The molecule has 0 aliphatic carbocycles. The Kier molecular flexibility index (Phi) is 5.92. The maximum Gasteiger partial charge on any atom is 0.343 e. The second-order valence-corrected chi connectivity index (χ2v) is 5.47. The van der Waals surface area contributed by atoms with E-state index in [2.05, 4.69) is 9.69 Å². The highest BCUT2D eigenvalue weighted by atomic mass is 32.1. The van der Waals surface area contributed by atoms with E-state index in [0.29, 0.717) is 11.9 Å². The van der Waals surface area contributed by atoms with Crippen LogP contribution >= 0.6 is 11.5 Å². The lowest BCUT2D eigenvalue weighted by Gasteiger charge is -2.08. The van der Waals surface area contributed by atoms with Crippen molar-refractivity contribution in [3.05, 3.63) is 57.9 Å². The molecule has 0 amide bonds. The normalized spacial score (nSPS) is 11.3. The van der Waals surface area contributed by atoms with Gasteiger partial charge in [0.15, 0.2) is 11.6 Å². The monoisotopic (exact) mass is 370 g/mol. The van der Waals surface area contributed by atoms with Crippen molar-refractivity contribution in [2.24, 2.45) is 0 Å². The number of ether oxygens (including phenoxy) is 1. The molecule has 0 aliphatic heterocycles. The Morgan fingerprint density at radius 2 is 1.92 bits per heavy atom. The third kappa shape index (κ3) is 4.24. The maximum atomic E-state index is 13.8. The quantitative estimate of drug-likeness (QED) is 0.210. The van der Waals surface area contributed by atoms with Gasteiger partial charge in [0.1, 0.15) is 17.2 Å². The Labute approximate surface area is 145 Å². The van der Waals surface area contributed by atoms with Gasteiger partial charge in [0, 0.05) is 23.2 Å². The number of rotatable bonds is 6. The molecule has 0 bridgehead atoms. The summed E-state index contributed by atoms with van der Waals surface area (Å²) in [7, 11) is 0. The molecule has 2 aromatic rings.